The molecule has 0 bridgehead atoms. The van der Waals surface area contributed by atoms with Crippen LogP contribution in [0.4, 0.5) is 5.82 Å². The van der Waals surface area contributed by atoms with Gasteiger partial charge in [-0.3, -0.25) is 4.79 Å². The summed E-state index contributed by atoms with van der Waals surface area (Å²) >= 11 is 1.71. The van der Waals surface area contributed by atoms with Crippen LogP contribution in [0, 0.1) is 0 Å². The van der Waals surface area contributed by atoms with Crippen LogP contribution in [0.5, 0.6) is 0 Å². The van der Waals surface area contributed by atoms with Crippen molar-refractivity contribution in [2.75, 3.05) is 24.5 Å². The summed E-state index contributed by atoms with van der Waals surface area (Å²) in [5.74, 6) is 6.56. The van der Waals surface area contributed by atoms with Crippen LogP contribution in [0.3, 0.4) is 0 Å². The number of nitrogen functional groups attached to an aromatic ring is 1. The van der Waals surface area contributed by atoms with E-state index in [1.165, 1.54) is 0 Å². The molecule has 0 aliphatic carbocycles. The van der Waals surface area contributed by atoms with Crippen molar-refractivity contribution in [1.82, 2.24) is 9.88 Å². The van der Waals surface area contributed by atoms with Crippen molar-refractivity contribution in [3.05, 3.63) is 23.9 Å². The number of nitrogens with two attached hydrogens (primary N) is 1. The van der Waals surface area contributed by atoms with Gasteiger partial charge in [0.2, 0.25) is 0 Å². The average Bonchev–Trinajstić information content (AvgIpc) is 2.37. The van der Waals surface area contributed by atoms with Crippen LogP contribution in [-0.2, 0) is 0 Å². The Morgan fingerprint density at radius 3 is 2.94 bits per heavy atom. The third-order valence-electron chi connectivity index (χ3n) is 2.51. The molecular formula is C11H18N4OS. The Labute approximate surface area is 106 Å². The molecule has 1 aromatic rings. The Bertz CT molecular complexity index is 385. The van der Waals surface area contributed by atoms with Gasteiger partial charge in [-0.2, -0.15) is 11.8 Å². The number of thioether (sulfide) groups is 1. The van der Waals surface area contributed by atoms with E-state index in [9.17, 15) is 4.79 Å². The second-order valence-corrected chi connectivity index (χ2v) is 4.68. The van der Waals surface area contributed by atoms with E-state index in [1.54, 1.807) is 41.9 Å². The van der Waals surface area contributed by atoms with Gasteiger partial charge in [-0.1, -0.05) is 6.07 Å². The molecule has 94 valence electrons. The molecule has 0 aliphatic rings. The van der Waals surface area contributed by atoms with E-state index in [0.717, 1.165) is 5.75 Å². The maximum absolute atomic E-state index is 12.1. The van der Waals surface area contributed by atoms with Crippen LogP contribution in [-0.4, -0.2) is 40.9 Å². The van der Waals surface area contributed by atoms with E-state index in [4.69, 9.17) is 5.84 Å². The Hall–Kier alpha value is -1.27. The van der Waals surface area contributed by atoms with E-state index in [2.05, 4.69) is 10.4 Å². The summed E-state index contributed by atoms with van der Waals surface area (Å²) in [6.45, 7) is 2.01. The first kappa shape index (κ1) is 13.8. The molecule has 1 heterocycles. The fraction of sp³-hybridized carbons (Fsp3) is 0.455. The molecule has 5 nitrogen and oxygen atoms in total. The Kier molecular flexibility index (Phi) is 5.24. The molecule has 0 radical (unpaired) electrons. The number of nitrogens with one attached hydrogen (secondary N) is 1. The van der Waals surface area contributed by atoms with E-state index in [0.29, 0.717) is 11.5 Å². The molecule has 0 aromatic carbocycles. The van der Waals surface area contributed by atoms with E-state index in [1.807, 2.05) is 13.2 Å². The van der Waals surface area contributed by atoms with Crippen molar-refractivity contribution in [2.45, 2.75) is 13.0 Å². The van der Waals surface area contributed by atoms with Crippen molar-refractivity contribution in [3.8, 4) is 0 Å². The lowest BCUT2D eigenvalue weighted by atomic mass is 10.2. The number of nitrogens with zero attached hydrogens (tertiary/aromatic N) is 2. The maximum atomic E-state index is 12.1. The number of anilines is 1. The van der Waals surface area contributed by atoms with Crippen LogP contribution >= 0.6 is 11.8 Å². The smallest absolute Gasteiger partial charge is 0.272 e. The third kappa shape index (κ3) is 3.61. The maximum Gasteiger partial charge on any atom is 0.272 e. The largest absolute Gasteiger partial charge is 0.337 e. The van der Waals surface area contributed by atoms with E-state index < -0.39 is 0 Å². The molecule has 0 saturated carbocycles. The molecule has 0 spiro atoms. The van der Waals surface area contributed by atoms with Crippen LogP contribution in [0.15, 0.2) is 18.2 Å². The first-order chi connectivity index (χ1) is 8.10. The van der Waals surface area contributed by atoms with Crippen molar-refractivity contribution in [1.29, 1.82) is 0 Å². The van der Waals surface area contributed by atoms with Crippen LogP contribution < -0.4 is 11.3 Å². The molecule has 1 rings (SSSR count). The summed E-state index contributed by atoms with van der Waals surface area (Å²) in [7, 11) is 1.79. The fourth-order valence-corrected chi connectivity index (χ4v) is 2.07. The molecule has 1 unspecified atom stereocenters. The molecule has 1 atom stereocenters. The summed E-state index contributed by atoms with van der Waals surface area (Å²) in [5, 5.41) is 0. The van der Waals surface area contributed by atoms with E-state index in [-0.39, 0.29) is 11.9 Å². The zero-order chi connectivity index (χ0) is 12.8. The monoisotopic (exact) mass is 254 g/mol. The number of aromatic nitrogens is 1. The second kappa shape index (κ2) is 6.46. The topological polar surface area (TPSA) is 71.2 Å². The number of hydrogen-bond donors (Lipinski definition) is 2. The minimum absolute atomic E-state index is 0.0938. The molecular weight excluding hydrogens is 236 g/mol. The molecule has 0 aliphatic heterocycles. The lowest BCUT2D eigenvalue weighted by Crippen LogP contribution is -2.37. The number of rotatable bonds is 5. The summed E-state index contributed by atoms with van der Waals surface area (Å²) < 4.78 is 0. The molecule has 6 heteroatoms. The quantitative estimate of drug-likeness (QED) is 0.610. The summed E-state index contributed by atoms with van der Waals surface area (Å²) in [4.78, 5) is 17.9. The zero-order valence-electron chi connectivity index (χ0n) is 10.3. The van der Waals surface area contributed by atoms with Gasteiger partial charge in [0.15, 0.2) is 0 Å². The molecule has 0 saturated heterocycles. The van der Waals surface area contributed by atoms with Crippen molar-refractivity contribution < 1.29 is 4.79 Å². The van der Waals surface area contributed by atoms with Gasteiger partial charge in [-0.05, 0) is 25.3 Å². The number of carbonyl (C=O) groups is 1. The predicted molar refractivity (Wildman–Crippen MR) is 72.0 cm³/mol. The zero-order valence-corrected chi connectivity index (χ0v) is 11.1. The minimum Gasteiger partial charge on any atom is -0.337 e. The molecule has 17 heavy (non-hydrogen) atoms. The van der Waals surface area contributed by atoms with Gasteiger partial charge >= 0.3 is 0 Å². The highest BCUT2D eigenvalue weighted by Crippen LogP contribution is 2.10. The minimum atomic E-state index is -0.0938. The van der Waals surface area contributed by atoms with Gasteiger partial charge in [-0.25, -0.2) is 10.8 Å². The standard InChI is InChI=1S/C11H18N4OS/c1-8(7-17-3)15(2)11(16)9-5-4-6-10(13-9)14-12/h4-6,8H,7,12H2,1-3H3,(H,13,14). The van der Waals surface area contributed by atoms with Gasteiger partial charge in [0.1, 0.15) is 11.5 Å². The highest BCUT2D eigenvalue weighted by Gasteiger charge is 2.18. The first-order valence-corrected chi connectivity index (χ1v) is 6.69. The van der Waals surface area contributed by atoms with Gasteiger partial charge in [0, 0.05) is 18.8 Å². The highest BCUT2D eigenvalue weighted by molar-refractivity contribution is 7.98. The van der Waals surface area contributed by atoms with Crippen LogP contribution in [0.25, 0.3) is 0 Å². The lowest BCUT2D eigenvalue weighted by Gasteiger charge is -2.24. The van der Waals surface area contributed by atoms with Crippen molar-refractivity contribution in [2.24, 2.45) is 5.84 Å². The second-order valence-electron chi connectivity index (χ2n) is 3.77. The summed E-state index contributed by atoms with van der Waals surface area (Å²) in [6.07, 6.45) is 2.02. The SMILES string of the molecule is CSCC(C)N(C)C(=O)c1cccc(NN)n1. The first-order valence-electron chi connectivity index (χ1n) is 5.30. The van der Waals surface area contributed by atoms with Gasteiger partial charge < -0.3 is 10.3 Å². The van der Waals surface area contributed by atoms with Gasteiger partial charge in [-0.15, -0.1) is 0 Å². The third-order valence-corrected chi connectivity index (χ3v) is 3.32. The average molecular weight is 254 g/mol. The number of amides is 1. The molecule has 0 fully saturated rings. The number of carbonyl (C=O) groups excluding carboxylic acids is 1. The number of pyridine rings is 1. The fourth-order valence-electron chi connectivity index (χ4n) is 1.37. The normalized spacial score (nSPS) is 12.0. The number of hydrogen-bond acceptors (Lipinski definition) is 5. The summed E-state index contributed by atoms with van der Waals surface area (Å²) in [6, 6.07) is 5.32. The van der Waals surface area contributed by atoms with Crippen molar-refractivity contribution in [3.63, 3.8) is 0 Å². The van der Waals surface area contributed by atoms with E-state index >= 15 is 0 Å². The Morgan fingerprint density at radius 2 is 2.35 bits per heavy atom. The Morgan fingerprint density at radius 1 is 1.65 bits per heavy atom. The lowest BCUT2D eigenvalue weighted by molar-refractivity contribution is 0.0752. The highest BCUT2D eigenvalue weighted by atomic mass is 32.2. The summed E-state index contributed by atoms with van der Waals surface area (Å²) in [5.41, 5.74) is 2.83. The van der Waals surface area contributed by atoms with Gasteiger partial charge in [0.25, 0.3) is 5.91 Å². The van der Waals surface area contributed by atoms with Crippen molar-refractivity contribution >= 4 is 23.5 Å². The molecule has 1 amide bonds. The number of hydrazine groups is 1. The Balaban J connectivity index is 2.80. The van der Waals surface area contributed by atoms with Crippen LogP contribution in [0.2, 0.25) is 0 Å². The molecule has 1 aromatic heterocycles. The van der Waals surface area contributed by atoms with Crippen LogP contribution in [0.1, 0.15) is 17.4 Å². The molecule has 3 N–H and O–H groups in total. The predicted octanol–water partition coefficient (Wildman–Crippen LogP) is 1.19. The van der Waals surface area contributed by atoms with Gasteiger partial charge in [0.05, 0.1) is 0 Å².